The van der Waals surface area contributed by atoms with Crippen molar-refractivity contribution in [1.82, 2.24) is 19.7 Å². The van der Waals surface area contributed by atoms with Gasteiger partial charge in [0.1, 0.15) is 12.7 Å². The number of rotatable bonds is 4. The highest BCUT2D eigenvalue weighted by atomic mass is 16.2. The lowest BCUT2D eigenvalue weighted by Gasteiger charge is -2.25. The van der Waals surface area contributed by atoms with Crippen molar-refractivity contribution >= 4 is 5.91 Å². The number of aryl methyl sites for hydroxylation is 1. The molecule has 1 saturated heterocycles. The maximum absolute atomic E-state index is 12.5. The summed E-state index contributed by atoms with van der Waals surface area (Å²) in [6, 6.07) is 10.5. The lowest BCUT2D eigenvalue weighted by molar-refractivity contribution is -0.130. The Labute approximate surface area is 131 Å². The average Bonchev–Trinajstić information content (AvgIpc) is 3.13. The topological polar surface area (TPSA) is 51.0 Å². The van der Waals surface area contributed by atoms with Crippen LogP contribution in [-0.4, -0.2) is 38.7 Å². The Kier molecular flexibility index (Phi) is 3.96. The summed E-state index contributed by atoms with van der Waals surface area (Å²) in [7, 11) is 0. The van der Waals surface area contributed by atoms with Crippen LogP contribution in [0.5, 0.6) is 0 Å². The minimum atomic E-state index is 0.105. The molecule has 1 aliphatic heterocycles. The Morgan fingerprint density at radius 1 is 1.23 bits per heavy atom. The molecule has 5 heteroatoms. The zero-order chi connectivity index (χ0) is 15.6. The van der Waals surface area contributed by atoms with E-state index in [-0.39, 0.29) is 11.3 Å². The van der Waals surface area contributed by atoms with Gasteiger partial charge < -0.3 is 9.47 Å². The van der Waals surface area contributed by atoms with Crippen molar-refractivity contribution in [3.05, 3.63) is 48.5 Å². The van der Waals surface area contributed by atoms with Crippen LogP contribution in [-0.2, 0) is 11.3 Å². The van der Waals surface area contributed by atoms with Gasteiger partial charge in [-0.25, -0.2) is 0 Å². The number of carbonyl (C=O) groups is 1. The molecule has 1 fully saturated rings. The van der Waals surface area contributed by atoms with Crippen LogP contribution in [0.25, 0.3) is 0 Å². The van der Waals surface area contributed by atoms with Crippen molar-refractivity contribution in [3.8, 4) is 0 Å². The molecule has 5 nitrogen and oxygen atoms in total. The van der Waals surface area contributed by atoms with Gasteiger partial charge in [-0.15, -0.1) is 10.2 Å². The zero-order valence-electron chi connectivity index (χ0n) is 13.1. The van der Waals surface area contributed by atoms with E-state index >= 15 is 0 Å². The number of carbonyl (C=O) groups excluding carboxylic acids is 1. The van der Waals surface area contributed by atoms with E-state index in [9.17, 15) is 4.79 Å². The molecule has 0 spiro atoms. The predicted octanol–water partition coefficient (Wildman–Crippen LogP) is 2.32. The molecule has 1 aromatic carbocycles. The van der Waals surface area contributed by atoms with Gasteiger partial charge in [-0.1, -0.05) is 44.2 Å². The van der Waals surface area contributed by atoms with Crippen LogP contribution in [0.1, 0.15) is 31.7 Å². The van der Waals surface area contributed by atoms with Crippen molar-refractivity contribution in [1.29, 1.82) is 0 Å². The van der Waals surface area contributed by atoms with E-state index in [1.54, 1.807) is 12.7 Å². The first kappa shape index (κ1) is 14.8. The Balaban J connectivity index is 1.65. The van der Waals surface area contributed by atoms with Crippen LogP contribution >= 0.6 is 0 Å². The Hall–Kier alpha value is -2.17. The third-order valence-corrected chi connectivity index (χ3v) is 4.55. The summed E-state index contributed by atoms with van der Waals surface area (Å²) in [6.07, 6.45) is 3.79. The summed E-state index contributed by atoms with van der Waals surface area (Å²) in [4.78, 5) is 14.5. The van der Waals surface area contributed by atoms with Crippen LogP contribution in [0.15, 0.2) is 43.0 Å². The van der Waals surface area contributed by atoms with E-state index in [2.05, 4.69) is 48.3 Å². The van der Waals surface area contributed by atoms with E-state index in [4.69, 9.17) is 0 Å². The zero-order valence-corrected chi connectivity index (χ0v) is 13.1. The van der Waals surface area contributed by atoms with Crippen molar-refractivity contribution in [2.75, 3.05) is 13.1 Å². The molecule has 1 atom stereocenters. The number of hydrogen-bond acceptors (Lipinski definition) is 3. The molecule has 0 aliphatic carbocycles. The van der Waals surface area contributed by atoms with E-state index in [1.165, 1.54) is 5.56 Å². The molecule has 22 heavy (non-hydrogen) atoms. The number of benzene rings is 1. The van der Waals surface area contributed by atoms with E-state index in [1.807, 2.05) is 15.5 Å². The number of likely N-dealkylation sites (tertiary alicyclic amines) is 1. The maximum atomic E-state index is 12.5. The van der Waals surface area contributed by atoms with E-state index in [0.29, 0.717) is 18.9 Å². The molecule has 0 saturated carbocycles. The van der Waals surface area contributed by atoms with Crippen molar-refractivity contribution in [2.24, 2.45) is 5.41 Å². The summed E-state index contributed by atoms with van der Waals surface area (Å²) in [5.41, 5.74) is 1.43. The second-order valence-corrected chi connectivity index (χ2v) is 6.68. The smallest absolute Gasteiger partial charge is 0.224 e. The SMILES string of the molecule is CC1(C)CN(C(=O)CCn2cnnc2)C[C@@H]1c1ccccc1. The third-order valence-electron chi connectivity index (χ3n) is 4.55. The quantitative estimate of drug-likeness (QED) is 0.870. The van der Waals surface area contributed by atoms with Crippen LogP contribution < -0.4 is 0 Å². The highest BCUT2D eigenvalue weighted by Gasteiger charge is 2.41. The first-order valence-corrected chi connectivity index (χ1v) is 7.71. The fourth-order valence-electron chi connectivity index (χ4n) is 3.29. The first-order chi connectivity index (χ1) is 10.6. The maximum Gasteiger partial charge on any atom is 0.224 e. The molecule has 2 heterocycles. The molecule has 3 rings (SSSR count). The lowest BCUT2D eigenvalue weighted by Crippen LogP contribution is -2.30. The Morgan fingerprint density at radius 2 is 1.91 bits per heavy atom. The molecule has 0 bridgehead atoms. The summed E-state index contributed by atoms with van der Waals surface area (Å²) in [5.74, 6) is 0.604. The molecule has 0 unspecified atom stereocenters. The largest absolute Gasteiger partial charge is 0.341 e. The monoisotopic (exact) mass is 298 g/mol. The number of amides is 1. The van der Waals surface area contributed by atoms with Gasteiger partial charge in [0.2, 0.25) is 5.91 Å². The second-order valence-electron chi connectivity index (χ2n) is 6.68. The minimum absolute atomic E-state index is 0.105. The van der Waals surface area contributed by atoms with Gasteiger partial charge in [0.25, 0.3) is 0 Å². The van der Waals surface area contributed by atoms with Crippen molar-refractivity contribution in [2.45, 2.75) is 32.7 Å². The van der Waals surface area contributed by atoms with Gasteiger partial charge >= 0.3 is 0 Å². The standard InChI is InChI=1S/C17H22N4O/c1-17(2)11-21(10-15(17)14-6-4-3-5-7-14)16(22)8-9-20-12-18-19-13-20/h3-7,12-13,15H,8-11H2,1-2H3/t15-/m1/s1. The van der Waals surface area contributed by atoms with Gasteiger partial charge in [0, 0.05) is 32.0 Å². The molecule has 0 radical (unpaired) electrons. The molecule has 1 aliphatic rings. The van der Waals surface area contributed by atoms with Gasteiger partial charge in [0.05, 0.1) is 0 Å². The fraction of sp³-hybridized carbons (Fsp3) is 0.471. The van der Waals surface area contributed by atoms with E-state index < -0.39 is 0 Å². The highest BCUT2D eigenvalue weighted by Crippen LogP contribution is 2.42. The highest BCUT2D eigenvalue weighted by molar-refractivity contribution is 5.76. The van der Waals surface area contributed by atoms with Gasteiger partial charge in [-0.2, -0.15) is 0 Å². The van der Waals surface area contributed by atoms with Crippen LogP contribution in [0.3, 0.4) is 0 Å². The van der Waals surface area contributed by atoms with Gasteiger partial charge in [0.15, 0.2) is 0 Å². The van der Waals surface area contributed by atoms with Gasteiger partial charge in [-0.3, -0.25) is 4.79 Å². The molecule has 116 valence electrons. The van der Waals surface area contributed by atoms with E-state index in [0.717, 1.165) is 13.1 Å². The minimum Gasteiger partial charge on any atom is -0.341 e. The number of aromatic nitrogens is 3. The Bertz CT molecular complexity index is 621. The molecule has 1 amide bonds. The molecule has 0 N–H and O–H groups in total. The van der Waals surface area contributed by atoms with Crippen molar-refractivity contribution in [3.63, 3.8) is 0 Å². The second kappa shape index (κ2) is 5.91. The van der Waals surface area contributed by atoms with Crippen LogP contribution in [0.2, 0.25) is 0 Å². The third kappa shape index (κ3) is 3.03. The van der Waals surface area contributed by atoms with Crippen molar-refractivity contribution < 1.29 is 4.79 Å². The lowest BCUT2D eigenvalue weighted by atomic mass is 9.78. The summed E-state index contributed by atoms with van der Waals surface area (Å²) in [6.45, 7) is 6.75. The predicted molar refractivity (Wildman–Crippen MR) is 84.2 cm³/mol. The average molecular weight is 298 g/mol. The Morgan fingerprint density at radius 3 is 2.59 bits per heavy atom. The molecular weight excluding hydrogens is 276 g/mol. The molecule has 2 aromatic rings. The summed E-state index contributed by atoms with van der Waals surface area (Å²) < 4.78 is 1.84. The molecular formula is C17H22N4O. The first-order valence-electron chi connectivity index (χ1n) is 7.71. The molecule has 1 aromatic heterocycles. The number of hydrogen-bond donors (Lipinski definition) is 0. The number of nitrogens with zero attached hydrogens (tertiary/aromatic N) is 4. The fourth-order valence-corrected chi connectivity index (χ4v) is 3.29. The van der Waals surface area contributed by atoms with Crippen LogP contribution in [0.4, 0.5) is 0 Å². The summed E-state index contributed by atoms with van der Waals surface area (Å²) in [5, 5.41) is 7.52. The summed E-state index contributed by atoms with van der Waals surface area (Å²) >= 11 is 0. The van der Waals surface area contributed by atoms with Crippen LogP contribution in [0, 0.1) is 5.41 Å². The van der Waals surface area contributed by atoms with Gasteiger partial charge in [-0.05, 0) is 11.0 Å². The normalized spacial score (nSPS) is 20.3.